The summed E-state index contributed by atoms with van der Waals surface area (Å²) in [6.07, 6.45) is 1.65. The number of nitrogens with zero attached hydrogens (tertiary/aromatic N) is 3. The zero-order valence-corrected chi connectivity index (χ0v) is 16.0. The van der Waals surface area contributed by atoms with Gasteiger partial charge in [0.2, 0.25) is 0 Å². The first-order valence-electron chi connectivity index (χ1n) is 9.02. The second-order valence-electron chi connectivity index (χ2n) is 6.51. The molecule has 2 aromatic rings. The molecule has 1 N–H and O–H groups in total. The number of benzene rings is 1. The number of nitro groups is 1. The third-order valence-electron chi connectivity index (χ3n) is 4.64. The Hall–Kier alpha value is -4.03. The van der Waals surface area contributed by atoms with Gasteiger partial charge in [0.05, 0.1) is 4.92 Å². The first-order valence-corrected chi connectivity index (χ1v) is 9.02. The van der Waals surface area contributed by atoms with Gasteiger partial charge in [0, 0.05) is 36.4 Å². The Morgan fingerprint density at radius 2 is 1.90 bits per heavy atom. The minimum atomic E-state index is -0.684. The molecule has 0 spiro atoms. The molecule has 1 aromatic heterocycles. The van der Waals surface area contributed by atoms with Gasteiger partial charge in [-0.05, 0) is 49.3 Å². The van der Waals surface area contributed by atoms with Crippen molar-refractivity contribution in [3.05, 3.63) is 69.0 Å². The quantitative estimate of drug-likeness (QED) is 0.336. The molecule has 1 aliphatic heterocycles. The number of carbonyl (C=O) groups is 2. The molecule has 1 aliphatic rings. The maximum absolute atomic E-state index is 12.8. The van der Waals surface area contributed by atoms with Crippen molar-refractivity contribution in [1.29, 1.82) is 5.26 Å². The molecule has 0 fully saturated rings. The third kappa shape index (κ3) is 3.90. The molecular formula is C21H17N3O6. The molecule has 152 valence electrons. The van der Waals surface area contributed by atoms with Gasteiger partial charge in [-0.25, -0.2) is 0 Å². The number of amides is 2. The van der Waals surface area contributed by atoms with Gasteiger partial charge in [0.25, 0.3) is 17.5 Å². The first-order chi connectivity index (χ1) is 14.4. The number of imide groups is 1. The largest absolute Gasteiger partial charge is 0.457 e. The van der Waals surface area contributed by atoms with Crippen molar-refractivity contribution in [1.82, 2.24) is 4.90 Å². The zero-order valence-electron chi connectivity index (χ0n) is 16.0. The molecule has 3 rings (SSSR count). The number of rotatable bonds is 6. The van der Waals surface area contributed by atoms with Crippen LogP contribution in [0.5, 0.6) is 0 Å². The van der Waals surface area contributed by atoms with Crippen LogP contribution in [0.4, 0.5) is 5.69 Å². The lowest BCUT2D eigenvalue weighted by molar-refractivity contribution is -0.384. The lowest BCUT2D eigenvalue weighted by Gasteiger charge is -2.27. The fraction of sp³-hybridized carbons (Fsp3) is 0.190. The van der Waals surface area contributed by atoms with E-state index in [1.54, 1.807) is 24.3 Å². The van der Waals surface area contributed by atoms with Crippen molar-refractivity contribution < 1.29 is 24.0 Å². The van der Waals surface area contributed by atoms with Crippen LogP contribution in [0.25, 0.3) is 17.4 Å². The van der Waals surface area contributed by atoms with Gasteiger partial charge in [-0.1, -0.05) is 0 Å². The molecular weight excluding hydrogens is 390 g/mol. The van der Waals surface area contributed by atoms with Gasteiger partial charge < -0.3 is 9.52 Å². The van der Waals surface area contributed by atoms with E-state index in [-0.39, 0.29) is 42.0 Å². The standard InChI is InChI=1S/C21H17N3O6/c1-13-17(20(26)23(9-2-10-25)21(27)18(13)12-22)11-16-7-8-19(30-16)14-3-5-15(6-4-14)24(28)29/h3-8,11,25H,2,9-10H2,1H3. The molecule has 0 bridgehead atoms. The van der Waals surface area contributed by atoms with E-state index in [1.807, 2.05) is 6.07 Å². The Morgan fingerprint density at radius 1 is 1.20 bits per heavy atom. The predicted molar refractivity (Wildman–Crippen MR) is 106 cm³/mol. The summed E-state index contributed by atoms with van der Waals surface area (Å²) in [6, 6.07) is 10.9. The normalized spacial score (nSPS) is 15.6. The Labute approximate surface area is 171 Å². The van der Waals surface area contributed by atoms with Crippen molar-refractivity contribution in [3.63, 3.8) is 0 Å². The number of hydrogen-bond acceptors (Lipinski definition) is 7. The fourth-order valence-electron chi connectivity index (χ4n) is 3.04. The predicted octanol–water partition coefficient (Wildman–Crippen LogP) is 2.83. The summed E-state index contributed by atoms with van der Waals surface area (Å²) < 4.78 is 5.73. The molecule has 0 saturated heterocycles. The highest BCUT2D eigenvalue weighted by molar-refractivity contribution is 6.19. The molecule has 0 saturated carbocycles. The summed E-state index contributed by atoms with van der Waals surface area (Å²) in [7, 11) is 0. The van der Waals surface area contributed by atoms with Crippen molar-refractivity contribution in [2.75, 3.05) is 13.2 Å². The Morgan fingerprint density at radius 3 is 2.50 bits per heavy atom. The number of aliphatic hydroxyl groups excluding tert-OH is 1. The second-order valence-corrected chi connectivity index (χ2v) is 6.51. The Balaban J connectivity index is 1.96. The van der Waals surface area contributed by atoms with Crippen molar-refractivity contribution in [3.8, 4) is 17.4 Å². The summed E-state index contributed by atoms with van der Waals surface area (Å²) >= 11 is 0. The molecule has 9 heteroatoms. The monoisotopic (exact) mass is 407 g/mol. The highest BCUT2D eigenvalue weighted by Gasteiger charge is 2.35. The van der Waals surface area contributed by atoms with Crippen LogP contribution < -0.4 is 0 Å². The van der Waals surface area contributed by atoms with Gasteiger partial charge in [0.1, 0.15) is 23.2 Å². The summed E-state index contributed by atoms with van der Waals surface area (Å²) in [5, 5.41) is 29.1. The lowest BCUT2D eigenvalue weighted by Crippen LogP contribution is -2.43. The SMILES string of the molecule is CC1=C(C#N)C(=O)N(CCCO)C(=O)C1=Cc1ccc(-c2ccc([N+](=O)[O-])cc2)o1. The molecule has 0 atom stereocenters. The van der Waals surface area contributed by atoms with E-state index in [2.05, 4.69) is 0 Å². The number of nitro benzene ring substituents is 1. The zero-order chi connectivity index (χ0) is 21.8. The number of nitriles is 1. The van der Waals surface area contributed by atoms with Crippen LogP contribution in [0.3, 0.4) is 0 Å². The molecule has 0 radical (unpaired) electrons. The molecule has 2 amide bonds. The van der Waals surface area contributed by atoms with Gasteiger partial charge >= 0.3 is 0 Å². The van der Waals surface area contributed by atoms with E-state index >= 15 is 0 Å². The van der Waals surface area contributed by atoms with Crippen LogP contribution in [0.1, 0.15) is 19.1 Å². The highest BCUT2D eigenvalue weighted by atomic mass is 16.6. The number of non-ortho nitro benzene ring substituents is 1. The average molecular weight is 407 g/mol. The topological polar surface area (TPSA) is 138 Å². The van der Waals surface area contributed by atoms with Crippen LogP contribution in [0, 0.1) is 21.4 Å². The number of hydrogen-bond donors (Lipinski definition) is 1. The van der Waals surface area contributed by atoms with Gasteiger partial charge in [0.15, 0.2) is 0 Å². The first kappa shape index (κ1) is 20.7. The smallest absolute Gasteiger partial charge is 0.271 e. The van der Waals surface area contributed by atoms with Gasteiger partial charge in [-0.15, -0.1) is 0 Å². The third-order valence-corrected chi connectivity index (χ3v) is 4.64. The molecule has 1 aromatic carbocycles. The maximum atomic E-state index is 12.8. The minimum Gasteiger partial charge on any atom is -0.457 e. The molecule has 9 nitrogen and oxygen atoms in total. The average Bonchev–Trinajstić information content (AvgIpc) is 3.20. The van der Waals surface area contributed by atoms with Crippen LogP contribution in [0.2, 0.25) is 0 Å². The summed E-state index contributed by atoms with van der Waals surface area (Å²) in [5.41, 5.74) is 0.832. The van der Waals surface area contributed by atoms with E-state index in [0.29, 0.717) is 17.1 Å². The van der Waals surface area contributed by atoms with Crippen molar-refractivity contribution >= 4 is 23.6 Å². The fourth-order valence-corrected chi connectivity index (χ4v) is 3.04. The van der Waals surface area contributed by atoms with Crippen LogP contribution in [0.15, 0.2) is 57.5 Å². The molecule has 30 heavy (non-hydrogen) atoms. The van der Waals surface area contributed by atoms with E-state index in [9.17, 15) is 25.0 Å². The summed E-state index contributed by atoms with van der Waals surface area (Å²) in [5.74, 6) is -0.495. The van der Waals surface area contributed by atoms with E-state index < -0.39 is 16.7 Å². The van der Waals surface area contributed by atoms with E-state index in [4.69, 9.17) is 9.52 Å². The van der Waals surface area contributed by atoms with Crippen molar-refractivity contribution in [2.45, 2.75) is 13.3 Å². The van der Waals surface area contributed by atoms with E-state index in [1.165, 1.54) is 25.1 Å². The molecule has 2 heterocycles. The van der Waals surface area contributed by atoms with Crippen LogP contribution in [-0.4, -0.2) is 39.9 Å². The van der Waals surface area contributed by atoms with Gasteiger partial charge in [-0.2, -0.15) is 5.26 Å². The maximum Gasteiger partial charge on any atom is 0.271 e. The lowest BCUT2D eigenvalue weighted by atomic mass is 9.94. The van der Waals surface area contributed by atoms with Crippen molar-refractivity contribution in [2.24, 2.45) is 0 Å². The second kappa shape index (κ2) is 8.55. The number of aliphatic hydroxyl groups is 1. The number of furan rings is 1. The highest BCUT2D eigenvalue weighted by Crippen LogP contribution is 2.29. The molecule has 0 unspecified atom stereocenters. The minimum absolute atomic E-state index is 0.00380. The van der Waals surface area contributed by atoms with Crippen LogP contribution in [-0.2, 0) is 9.59 Å². The Kier molecular flexibility index (Phi) is 5.90. The Bertz CT molecular complexity index is 1120. The summed E-state index contributed by atoms with van der Waals surface area (Å²) in [6.45, 7) is 1.32. The van der Waals surface area contributed by atoms with Crippen LogP contribution >= 0.6 is 0 Å². The molecule has 0 aliphatic carbocycles. The number of carbonyl (C=O) groups excluding carboxylic acids is 2. The van der Waals surface area contributed by atoms with Gasteiger partial charge in [-0.3, -0.25) is 24.6 Å². The summed E-state index contributed by atoms with van der Waals surface area (Å²) in [4.78, 5) is 36.4. The van der Waals surface area contributed by atoms with E-state index in [0.717, 1.165) is 4.90 Å².